The van der Waals surface area contributed by atoms with Gasteiger partial charge in [0.25, 0.3) is 5.69 Å². The van der Waals surface area contributed by atoms with Crippen LogP contribution in [0, 0.1) is 23.0 Å². The molecule has 3 amide bonds. The number of carbonyl (C=O) groups is 2. The van der Waals surface area contributed by atoms with Crippen molar-refractivity contribution in [1.29, 1.82) is 0 Å². The molecule has 0 saturated carbocycles. The molecule has 2 aromatic rings. The van der Waals surface area contributed by atoms with E-state index in [2.05, 4.69) is 37.1 Å². The number of nitrogens with zero attached hydrogens (tertiary/aromatic N) is 6. The Morgan fingerprint density at radius 1 is 1.00 bits per heavy atom. The van der Waals surface area contributed by atoms with E-state index in [1.165, 1.54) is 18.0 Å². The largest absolute Gasteiger partial charge is 0.369 e. The molecule has 3 fully saturated rings. The molecule has 11 heteroatoms. The van der Waals surface area contributed by atoms with Crippen molar-refractivity contribution < 1.29 is 14.5 Å². The normalized spacial score (nSPS) is 19.8. The molecule has 196 valence electrons. The second kappa shape index (κ2) is 10.7. The van der Waals surface area contributed by atoms with Crippen molar-refractivity contribution >= 4 is 34.8 Å². The minimum Gasteiger partial charge on any atom is -0.369 e. The van der Waals surface area contributed by atoms with Gasteiger partial charge >= 0.3 is 6.03 Å². The van der Waals surface area contributed by atoms with E-state index in [1.54, 1.807) is 11.0 Å². The Morgan fingerprint density at radius 2 is 1.76 bits per heavy atom. The molecule has 37 heavy (non-hydrogen) atoms. The Bertz CT molecular complexity index is 1160. The topological polar surface area (TPSA) is 115 Å². The highest BCUT2D eigenvalue weighted by molar-refractivity contribution is 6.06. The first-order valence-electron chi connectivity index (χ1n) is 12.9. The zero-order chi connectivity index (χ0) is 25.9. The Balaban J connectivity index is 1.09. The van der Waals surface area contributed by atoms with Crippen LogP contribution in [0.25, 0.3) is 0 Å². The average Bonchev–Trinajstić information content (AvgIpc) is 2.90. The molecule has 0 bridgehead atoms. The molecule has 0 radical (unpaired) electrons. The molecule has 0 aliphatic carbocycles. The molecule has 0 unspecified atom stereocenters. The van der Waals surface area contributed by atoms with Gasteiger partial charge in [-0.3, -0.25) is 30.0 Å². The highest BCUT2D eigenvalue weighted by Gasteiger charge is 2.27. The fraction of sp³-hybridized carbons (Fsp3) is 0.500. The second-order valence-electron chi connectivity index (χ2n) is 10.1. The van der Waals surface area contributed by atoms with Gasteiger partial charge in [0.15, 0.2) is 0 Å². The molecular formula is C26H33N7O4. The summed E-state index contributed by atoms with van der Waals surface area (Å²) in [5, 5.41) is 13.2. The monoisotopic (exact) mass is 507 g/mol. The minimum absolute atomic E-state index is 0.0240. The van der Waals surface area contributed by atoms with Gasteiger partial charge in [-0.15, -0.1) is 0 Å². The number of aryl methyl sites for hydroxylation is 1. The summed E-state index contributed by atoms with van der Waals surface area (Å²) in [6.07, 6.45) is 3.84. The summed E-state index contributed by atoms with van der Waals surface area (Å²) < 4.78 is 0. The SMILES string of the molecule is Cc1cc(N2CCN(CC3CCN(c4ccc([N+](=O)[O-])cn4)CC3)CC2)ccc1N1CCC(=O)NC1=O. The Kier molecular flexibility index (Phi) is 7.22. The van der Waals surface area contributed by atoms with Crippen LogP contribution in [-0.4, -0.2) is 79.1 Å². The Labute approximate surface area is 216 Å². The lowest BCUT2D eigenvalue weighted by molar-refractivity contribution is -0.385. The summed E-state index contributed by atoms with van der Waals surface area (Å²) in [7, 11) is 0. The summed E-state index contributed by atoms with van der Waals surface area (Å²) in [6, 6.07) is 9.11. The fourth-order valence-electron chi connectivity index (χ4n) is 5.50. The van der Waals surface area contributed by atoms with Crippen LogP contribution in [-0.2, 0) is 4.79 Å². The number of nitro groups is 1. The molecule has 3 aliphatic rings. The maximum Gasteiger partial charge on any atom is 0.328 e. The van der Waals surface area contributed by atoms with Crippen LogP contribution in [0.3, 0.4) is 0 Å². The van der Waals surface area contributed by atoms with Gasteiger partial charge in [-0.05, 0) is 55.5 Å². The van der Waals surface area contributed by atoms with Crippen molar-refractivity contribution in [2.75, 3.05) is 67.1 Å². The van der Waals surface area contributed by atoms with Crippen LogP contribution < -0.4 is 20.0 Å². The molecule has 0 spiro atoms. The molecule has 1 N–H and O–H groups in total. The number of amides is 3. The van der Waals surface area contributed by atoms with E-state index in [1.807, 2.05) is 13.0 Å². The Morgan fingerprint density at radius 3 is 2.38 bits per heavy atom. The average molecular weight is 508 g/mol. The van der Waals surface area contributed by atoms with Gasteiger partial charge in [-0.1, -0.05) is 0 Å². The van der Waals surface area contributed by atoms with E-state index in [-0.39, 0.29) is 17.6 Å². The third-order valence-corrected chi connectivity index (χ3v) is 7.66. The number of benzene rings is 1. The number of hydrogen-bond acceptors (Lipinski definition) is 8. The number of aromatic nitrogens is 1. The summed E-state index contributed by atoms with van der Waals surface area (Å²) >= 11 is 0. The lowest BCUT2D eigenvalue weighted by Gasteiger charge is -2.40. The lowest BCUT2D eigenvalue weighted by atomic mass is 9.96. The number of piperidine rings is 1. The van der Waals surface area contributed by atoms with Gasteiger partial charge in [0, 0.05) is 76.2 Å². The van der Waals surface area contributed by atoms with Crippen molar-refractivity contribution in [2.45, 2.75) is 26.2 Å². The molecule has 3 aliphatic heterocycles. The number of hydrogen-bond donors (Lipinski definition) is 1. The smallest absolute Gasteiger partial charge is 0.328 e. The van der Waals surface area contributed by atoms with Crippen LogP contribution >= 0.6 is 0 Å². The second-order valence-corrected chi connectivity index (χ2v) is 10.1. The number of rotatable bonds is 6. The van der Waals surface area contributed by atoms with E-state index < -0.39 is 4.92 Å². The van der Waals surface area contributed by atoms with Crippen molar-refractivity contribution in [1.82, 2.24) is 15.2 Å². The fourth-order valence-corrected chi connectivity index (χ4v) is 5.50. The van der Waals surface area contributed by atoms with Crippen LogP contribution in [0.1, 0.15) is 24.8 Å². The highest BCUT2D eigenvalue weighted by atomic mass is 16.6. The molecule has 11 nitrogen and oxygen atoms in total. The number of anilines is 3. The van der Waals surface area contributed by atoms with Crippen LogP contribution in [0.5, 0.6) is 0 Å². The highest BCUT2D eigenvalue weighted by Crippen LogP contribution is 2.28. The molecular weight excluding hydrogens is 474 g/mol. The standard InChI is InChI=1S/C26H33N7O4/c1-19-16-21(2-4-23(19)32-11-8-25(34)28-26(32)35)30-14-12-29(13-15-30)18-20-6-9-31(10-7-20)24-5-3-22(17-27-24)33(36)37/h2-5,16-17,20H,6-15,18H2,1H3,(H,28,34,35). The predicted octanol–water partition coefficient (Wildman–Crippen LogP) is 2.78. The molecule has 0 atom stereocenters. The van der Waals surface area contributed by atoms with Crippen LogP contribution in [0.15, 0.2) is 36.5 Å². The molecule has 3 saturated heterocycles. The van der Waals surface area contributed by atoms with Gasteiger partial charge in [0.1, 0.15) is 12.0 Å². The molecule has 1 aromatic heterocycles. The minimum atomic E-state index is -0.418. The van der Waals surface area contributed by atoms with Gasteiger partial charge in [-0.25, -0.2) is 9.78 Å². The first-order chi connectivity index (χ1) is 17.9. The van der Waals surface area contributed by atoms with Crippen LogP contribution in [0.2, 0.25) is 0 Å². The lowest BCUT2D eigenvalue weighted by Crippen LogP contribution is -2.50. The summed E-state index contributed by atoms with van der Waals surface area (Å²) in [4.78, 5) is 47.2. The molecule has 5 rings (SSSR count). The maximum absolute atomic E-state index is 12.2. The van der Waals surface area contributed by atoms with Gasteiger partial charge in [0.2, 0.25) is 5.91 Å². The third-order valence-electron chi connectivity index (χ3n) is 7.66. The summed E-state index contributed by atoms with van der Waals surface area (Å²) in [6.45, 7) is 9.31. The number of carbonyl (C=O) groups excluding carboxylic acids is 2. The van der Waals surface area contributed by atoms with Crippen molar-refractivity contribution in [3.05, 3.63) is 52.2 Å². The van der Waals surface area contributed by atoms with E-state index in [9.17, 15) is 19.7 Å². The van der Waals surface area contributed by atoms with Gasteiger partial charge in [-0.2, -0.15) is 0 Å². The zero-order valence-corrected chi connectivity index (χ0v) is 21.1. The zero-order valence-electron chi connectivity index (χ0n) is 21.1. The van der Waals surface area contributed by atoms with Gasteiger partial charge in [0.05, 0.1) is 4.92 Å². The first kappa shape index (κ1) is 24.9. The van der Waals surface area contributed by atoms with E-state index in [4.69, 9.17) is 0 Å². The number of nitrogens with one attached hydrogen (secondary N) is 1. The van der Waals surface area contributed by atoms with Crippen molar-refractivity contribution in [3.63, 3.8) is 0 Å². The van der Waals surface area contributed by atoms with Crippen molar-refractivity contribution in [3.8, 4) is 0 Å². The van der Waals surface area contributed by atoms with E-state index in [0.717, 1.165) is 75.7 Å². The number of piperazine rings is 1. The third kappa shape index (κ3) is 5.66. The first-order valence-corrected chi connectivity index (χ1v) is 12.9. The number of urea groups is 1. The van der Waals surface area contributed by atoms with Gasteiger partial charge < -0.3 is 9.80 Å². The number of imide groups is 1. The summed E-state index contributed by atoms with van der Waals surface area (Å²) in [5.41, 5.74) is 3.07. The summed E-state index contributed by atoms with van der Waals surface area (Å²) in [5.74, 6) is 1.23. The maximum atomic E-state index is 12.2. The molecule has 1 aromatic carbocycles. The van der Waals surface area contributed by atoms with Crippen LogP contribution in [0.4, 0.5) is 27.7 Å². The Hall–Kier alpha value is -3.73. The predicted molar refractivity (Wildman–Crippen MR) is 141 cm³/mol. The quantitative estimate of drug-likeness (QED) is 0.469. The van der Waals surface area contributed by atoms with Crippen molar-refractivity contribution in [2.24, 2.45) is 5.92 Å². The molecule has 4 heterocycles. The number of pyridine rings is 1. The van der Waals surface area contributed by atoms with E-state index in [0.29, 0.717) is 18.9 Å². The van der Waals surface area contributed by atoms with E-state index >= 15 is 0 Å².